The number of nitrogens with one attached hydrogen (secondary N) is 1. The van der Waals surface area contributed by atoms with Gasteiger partial charge in [0.2, 0.25) is 0 Å². The van der Waals surface area contributed by atoms with E-state index >= 15 is 0 Å². The third-order valence-corrected chi connectivity index (χ3v) is 4.48. The highest BCUT2D eigenvalue weighted by atomic mass is 16.5. The van der Waals surface area contributed by atoms with Gasteiger partial charge in [0, 0.05) is 13.2 Å². The van der Waals surface area contributed by atoms with Crippen molar-refractivity contribution in [2.24, 2.45) is 11.8 Å². The zero-order chi connectivity index (χ0) is 14.9. The molecular weight excluding hydrogens is 262 g/mol. The van der Waals surface area contributed by atoms with E-state index in [1.165, 1.54) is 24.8 Å². The van der Waals surface area contributed by atoms with Gasteiger partial charge in [-0.1, -0.05) is 31.9 Å². The molecule has 2 unspecified atom stereocenters. The summed E-state index contributed by atoms with van der Waals surface area (Å²) < 4.78 is 5.67. The minimum Gasteiger partial charge on any atom is -0.494 e. The van der Waals surface area contributed by atoms with E-state index in [-0.39, 0.29) is 0 Å². The van der Waals surface area contributed by atoms with E-state index in [0.717, 1.165) is 38.3 Å². The quantitative estimate of drug-likeness (QED) is 0.685. The van der Waals surface area contributed by atoms with Gasteiger partial charge >= 0.3 is 0 Å². The molecule has 3 heteroatoms. The summed E-state index contributed by atoms with van der Waals surface area (Å²) in [6.45, 7) is 5.22. The molecule has 118 valence electrons. The topological polar surface area (TPSA) is 41.5 Å². The van der Waals surface area contributed by atoms with Gasteiger partial charge in [0.25, 0.3) is 0 Å². The van der Waals surface area contributed by atoms with Crippen LogP contribution in [-0.4, -0.2) is 24.9 Å². The van der Waals surface area contributed by atoms with Crippen molar-refractivity contribution in [3.63, 3.8) is 0 Å². The van der Waals surface area contributed by atoms with Gasteiger partial charge in [0.05, 0.1) is 6.61 Å². The third kappa shape index (κ3) is 5.33. The first-order valence-corrected chi connectivity index (χ1v) is 8.36. The maximum absolute atomic E-state index is 9.33. The van der Waals surface area contributed by atoms with Crippen LogP contribution in [0.1, 0.15) is 44.6 Å². The molecular formula is C18H29NO2. The molecule has 2 rings (SSSR count). The van der Waals surface area contributed by atoms with Crippen LogP contribution >= 0.6 is 0 Å². The molecule has 21 heavy (non-hydrogen) atoms. The highest BCUT2D eigenvalue weighted by molar-refractivity contribution is 5.27. The Labute approximate surface area is 128 Å². The SMILES string of the molecule is CCCCOc1ccc(CNCC2CCCC2CO)cc1. The van der Waals surface area contributed by atoms with Crippen LogP contribution in [0.25, 0.3) is 0 Å². The number of benzene rings is 1. The molecule has 0 spiro atoms. The molecule has 0 aliphatic heterocycles. The fourth-order valence-corrected chi connectivity index (χ4v) is 3.06. The van der Waals surface area contributed by atoms with E-state index in [9.17, 15) is 5.11 Å². The van der Waals surface area contributed by atoms with Crippen LogP contribution in [0.5, 0.6) is 5.75 Å². The average molecular weight is 291 g/mol. The smallest absolute Gasteiger partial charge is 0.119 e. The Balaban J connectivity index is 1.68. The van der Waals surface area contributed by atoms with Crippen molar-refractivity contribution in [2.45, 2.75) is 45.6 Å². The van der Waals surface area contributed by atoms with Crippen molar-refractivity contribution in [1.82, 2.24) is 5.32 Å². The van der Waals surface area contributed by atoms with Gasteiger partial charge in [0.15, 0.2) is 0 Å². The van der Waals surface area contributed by atoms with Crippen LogP contribution in [0, 0.1) is 11.8 Å². The van der Waals surface area contributed by atoms with Crippen molar-refractivity contribution in [2.75, 3.05) is 19.8 Å². The monoisotopic (exact) mass is 291 g/mol. The molecule has 0 saturated heterocycles. The number of ether oxygens (including phenoxy) is 1. The van der Waals surface area contributed by atoms with E-state index in [4.69, 9.17) is 4.74 Å². The van der Waals surface area contributed by atoms with Crippen LogP contribution in [0.2, 0.25) is 0 Å². The lowest BCUT2D eigenvalue weighted by Crippen LogP contribution is -2.26. The predicted octanol–water partition coefficient (Wildman–Crippen LogP) is 3.36. The van der Waals surface area contributed by atoms with Gasteiger partial charge in [-0.2, -0.15) is 0 Å². The van der Waals surface area contributed by atoms with E-state index in [0.29, 0.717) is 18.4 Å². The van der Waals surface area contributed by atoms with Gasteiger partial charge in [-0.3, -0.25) is 0 Å². The van der Waals surface area contributed by atoms with Crippen molar-refractivity contribution in [3.05, 3.63) is 29.8 Å². The van der Waals surface area contributed by atoms with Crippen molar-refractivity contribution in [1.29, 1.82) is 0 Å². The van der Waals surface area contributed by atoms with Crippen molar-refractivity contribution in [3.8, 4) is 5.75 Å². The van der Waals surface area contributed by atoms with Crippen LogP contribution < -0.4 is 10.1 Å². The van der Waals surface area contributed by atoms with Crippen LogP contribution in [-0.2, 0) is 6.54 Å². The molecule has 2 atom stereocenters. The Hall–Kier alpha value is -1.06. The molecule has 0 aromatic heterocycles. The zero-order valence-electron chi connectivity index (χ0n) is 13.2. The molecule has 1 saturated carbocycles. The summed E-state index contributed by atoms with van der Waals surface area (Å²) in [6, 6.07) is 8.37. The lowest BCUT2D eigenvalue weighted by Gasteiger charge is -2.17. The number of aliphatic hydroxyl groups excluding tert-OH is 1. The van der Waals surface area contributed by atoms with Gasteiger partial charge in [0.1, 0.15) is 5.75 Å². The molecule has 1 aromatic rings. The first-order valence-electron chi connectivity index (χ1n) is 8.36. The summed E-state index contributed by atoms with van der Waals surface area (Å²) in [5, 5.41) is 12.9. The summed E-state index contributed by atoms with van der Waals surface area (Å²) in [7, 11) is 0. The van der Waals surface area contributed by atoms with E-state index < -0.39 is 0 Å². The first kappa shape index (κ1) is 16.3. The molecule has 1 aromatic carbocycles. The van der Waals surface area contributed by atoms with Crippen LogP contribution in [0.3, 0.4) is 0 Å². The minimum atomic E-state index is 0.343. The van der Waals surface area contributed by atoms with Gasteiger partial charge in [-0.15, -0.1) is 0 Å². The third-order valence-electron chi connectivity index (χ3n) is 4.48. The highest BCUT2D eigenvalue weighted by Crippen LogP contribution is 2.30. The molecule has 0 radical (unpaired) electrons. The second kappa shape index (κ2) is 9.06. The first-order chi connectivity index (χ1) is 10.3. The fourth-order valence-electron chi connectivity index (χ4n) is 3.06. The molecule has 0 amide bonds. The highest BCUT2D eigenvalue weighted by Gasteiger charge is 2.25. The Bertz CT molecular complexity index is 391. The van der Waals surface area contributed by atoms with Crippen LogP contribution in [0.15, 0.2) is 24.3 Å². The zero-order valence-corrected chi connectivity index (χ0v) is 13.2. The number of unbranched alkanes of at least 4 members (excludes halogenated alkanes) is 1. The number of aliphatic hydroxyl groups is 1. The summed E-state index contributed by atoms with van der Waals surface area (Å²) >= 11 is 0. The van der Waals surface area contributed by atoms with Crippen molar-refractivity contribution >= 4 is 0 Å². The average Bonchev–Trinajstić information content (AvgIpc) is 2.97. The lowest BCUT2D eigenvalue weighted by atomic mass is 9.97. The Kier molecular flexibility index (Phi) is 7.04. The van der Waals surface area contributed by atoms with Crippen molar-refractivity contribution < 1.29 is 9.84 Å². The van der Waals surface area contributed by atoms with Crippen LogP contribution in [0.4, 0.5) is 0 Å². The standard InChI is InChI=1S/C18H29NO2/c1-2-3-11-21-18-9-7-15(8-10-18)12-19-13-16-5-4-6-17(16)14-20/h7-10,16-17,19-20H,2-6,11-14H2,1H3. The summed E-state index contributed by atoms with van der Waals surface area (Å²) in [6.07, 6.45) is 5.98. The molecule has 0 bridgehead atoms. The lowest BCUT2D eigenvalue weighted by molar-refractivity contribution is 0.192. The van der Waals surface area contributed by atoms with Gasteiger partial charge in [-0.25, -0.2) is 0 Å². The van der Waals surface area contributed by atoms with E-state index in [2.05, 4.69) is 36.5 Å². The second-order valence-corrected chi connectivity index (χ2v) is 6.11. The summed E-state index contributed by atoms with van der Waals surface area (Å²) in [5.41, 5.74) is 1.29. The number of hydrogen-bond acceptors (Lipinski definition) is 3. The molecule has 1 aliphatic rings. The Morgan fingerprint density at radius 2 is 1.95 bits per heavy atom. The summed E-state index contributed by atoms with van der Waals surface area (Å²) in [4.78, 5) is 0. The number of hydrogen-bond donors (Lipinski definition) is 2. The normalized spacial score (nSPS) is 21.6. The summed E-state index contributed by atoms with van der Waals surface area (Å²) in [5.74, 6) is 2.11. The minimum absolute atomic E-state index is 0.343. The molecule has 1 aliphatic carbocycles. The Morgan fingerprint density at radius 1 is 1.19 bits per heavy atom. The molecule has 1 fully saturated rings. The van der Waals surface area contributed by atoms with E-state index in [1.54, 1.807) is 0 Å². The maximum Gasteiger partial charge on any atom is 0.119 e. The molecule has 2 N–H and O–H groups in total. The van der Waals surface area contributed by atoms with Gasteiger partial charge < -0.3 is 15.2 Å². The maximum atomic E-state index is 9.33. The van der Waals surface area contributed by atoms with E-state index in [1.807, 2.05) is 0 Å². The molecule has 0 heterocycles. The molecule has 3 nitrogen and oxygen atoms in total. The Morgan fingerprint density at radius 3 is 2.67 bits per heavy atom. The predicted molar refractivity (Wildman–Crippen MR) is 86.5 cm³/mol. The number of rotatable bonds is 9. The fraction of sp³-hybridized carbons (Fsp3) is 0.667. The largest absolute Gasteiger partial charge is 0.494 e. The van der Waals surface area contributed by atoms with Gasteiger partial charge in [-0.05, 0) is 55.3 Å². The second-order valence-electron chi connectivity index (χ2n) is 6.11.